The van der Waals surface area contributed by atoms with Crippen LogP contribution < -0.4 is 20.1 Å². The van der Waals surface area contributed by atoms with Crippen molar-refractivity contribution < 1.29 is 28.3 Å². The lowest BCUT2D eigenvalue weighted by Gasteiger charge is -2.25. The number of para-hydroxylation sites is 1. The second-order valence-electron chi connectivity index (χ2n) is 9.53. The Kier molecular flexibility index (Phi) is 9.22. The lowest BCUT2D eigenvalue weighted by Crippen LogP contribution is -2.42. The van der Waals surface area contributed by atoms with Gasteiger partial charge >= 0.3 is 0 Å². The average Bonchev–Trinajstić information content (AvgIpc) is 3.65. The molecule has 0 saturated carbocycles. The van der Waals surface area contributed by atoms with Gasteiger partial charge in [-0.3, -0.25) is 19.4 Å². The molecule has 5 rings (SSSR count). The topological polar surface area (TPSA) is 135 Å². The van der Waals surface area contributed by atoms with E-state index in [1.165, 1.54) is 16.7 Å². The Morgan fingerprint density at radius 3 is 2.64 bits per heavy atom. The number of carbonyl (C=O) groups is 3. The zero-order chi connectivity index (χ0) is 29.5. The van der Waals surface area contributed by atoms with Crippen molar-refractivity contribution in [3.05, 3.63) is 77.7 Å². The number of thioether (sulfide) groups is 1. The van der Waals surface area contributed by atoms with Gasteiger partial charge in [-0.05, 0) is 54.8 Å². The predicted molar refractivity (Wildman–Crippen MR) is 159 cm³/mol. The average molecular weight is 590 g/mol. The number of benzene rings is 2. The van der Waals surface area contributed by atoms with Gasteiger partial charge in [0.2, 0.25) is 11.8 Å². The number of furan rings is 1. The van der Waals surface area contributed by atoms with Crippen LogP contribution in [-0.2, 0) is 27.3 Å². The van der Waals surface area contributed by atoms with Crippen LogP contribution in [0.15, 0.2) is 75.3 Å². The smallest absolute Gasteiger partial charge is 0.259 e. The number of fused-ring (bicyclic) bond motifs is 3. The molecule has 0 aliphatic carbocycles. The zero-order valence-electron chi connectivity index (χ0n) is 23.3. The molecule has 3 heterocycles. The van der Waals surface area contributed by atoms with E-state index >= 15 is 0 Å². The molecule has 0 radical (unpaired) electrons. The molecule has 42 heavy (non-hydrogen) atoms. The Balaban J connectivity index is 1.17. The summed E-state index contributed by atoms with van der Waals surface area (Å²) in [7, 11) is 3.16. The molecule has 0 saturated heterocycles. The van der Waals surface area contributed by atoms with Gasteiger partial charge in [0, 0.05) is 18.5 Å². The maximum atomic E-state index is 13.4. The first-order chi connectivity index (χ1) is 20.5. The number of nitrogens with zero attached hydrogens (tertiary/aromatic N) is 3. The molecule has 12 heteroatoms. The molecule has 3 amide bonds. The van der Waals surface area contributed by atoms with E-state index in [4.69, 9.17) is 13.9 Å². The maximum absolute atomic E-state index is 13.4. The first-order valence-electron chi connectivity index (χ1n) is 13.5. The van der Waals surface area contributed by atoms with Gasteiger partial charge in [-0.1, -0.05) is 30.0 Å². The van der Waals surface area contributed by atoms with Gasteiger partial charge in [-0.2, -0.15) is 0 Å². The summed E-state index contributed by atoms with van der Waals surface area (Å²) >= 11 is 1.18. The van der Waals surface area contributed by atoms with Crippen LogP contribution in [0.4, 0.5) is 5.69 Å². The highest BCUT2D eigenvalue weighted by Crippen LogP contribution is 2.34. The quantitative estimate of drug-likeness (QED) is 0.330. The Hall–Kier alpha value is -4.58. The van der Waals surface area contributed by atoms with Gasteiger partial charge < -0.3 is 24.5 Å². The van der Waals surface area contributed by atoms with Crippen LogP contribution in [-0.4, -0.2) is 66.2 Å². The summed E-state index contributed by atoms with van der Waals surface area (Å²) in [5.41, 5.74) is 2.41. The van der Waals surface area contributed by atoms with Crippen LogP contribution >= 0.6 is 11.8 Å². The van der Waals surface area contributed by atoms with Crippen LogP contribution in [0.5, 0.6) is 11.5 Å². The number of ether oxygens (including phenoxy) is 2. The summed E-state index contributed by atoms with van der Waals surface area (Å²) in [5, 5.41) is 6.10. The van der Waals surface area contributed by atoms with Crippen molar-refractivity contribution in [1.29, 1.82) is 0 Å². The summed E-state index contributed by atoms with van der Waals surface area (Å²) in [6.45, 7) is 0.714. The van der Waals surface area contributed by atoms with Gasteiger partial charge in [-0.25, -0.2) is 9.89 Å². The number of methoxy groups -OCH3 is 2. The molecular weight excluding hydrogens is 558 g/mol. The largest absolute Gasteiger partial charge is 0.493 e. The molecule has 0 fully saturated rings. The lowest BCUT2D eigenvalue weighted by atomic mass is 10.1. The summed E-state index contributed by atoms with van der Waals surface area (Å²) in [6.07, 6.45) is 2.54. The van der Waals surface area contributed by atoms with Gasteiger partial charge in [-0.15, -0.1) is 0 Å². The van der Waals surface area contributed by atoms with Gasteiger partial charge in [0.1, 0.15) is 17.6 Å². The third-order valence-electron chi connectivity index (χ3n) is 6.75. The minimum absolute atomic E-state index is 0.0733. The third kappa shape index (κ3) is 6.65. The van der Waals surface area contributed by atoms with Crippen LogP contribution in [0.1, 0.15) is 29.7 Å². The van der Waals surface area contributed by atoms with E-state index in [1.807, 2.05) is 42.5 Å². The molecule has 0 spiro atoms. The molecule has 11 nitrogen and oxygen atoms in total. The Bertz CT molecular complexity index is 1520. The van der Waals surface area contributed by atoms with Crippen molar-refractivity contribution in [1.82, 2.24) is 15.5 Å². The highest BCUT2D eigenvalue weighted by atomic mass is 32.2. The minimum atomic E-state index is -0.721. The highest BCUT2D eigenvalue weighted by molar-refractivity contribution is 8.14. The number of rotatable bonds is 12. The number of aliphatic imine (C=N–C) groups is 2. The molecular formula is C30H31N5O6S. The van der Waals surface area contributed by atoms with E-state index in [2.05, 4.69) is 20.6 Å². The molecule has 1 unspecified atom stereocenters. The first kappa shape index (κ1) is 28.9. The molecule has 1 atom stereocenters. The Morgan fingerprint density at radius 2 is 1.86 bits per heavy atom. The van der Waals surface area contributed by atoms with Crippen molar-refractivity contribution in [3.63, 3.8) is 0 Å². The van der Waals surface area contributed by atoms with Crippen LogP contribution in [0.3, 0.4) is 0 Å². The summed E-state index contributed by atoms with van der Waals surface area (Å²) in [4.78, 5) is 49.3. The summed E-state index contributed by atoms with van der Waals surface area (Å²) in [6, 6.07) is 15.9. The second kappa shape index (κ2) is 13.4. The van der Waals surface area contributed by atoms with Crippen molar-refractivity contribution in [2.45, 2.75) is 31.8 Å². The van der Waals surface area contributed by atoms with Crippen LogP contribution in [0, 0.1) is 0 Å². The van der Waals surface area contributed by atoms with Crippen LogP contribution in [0.2, 0.25) is 0 Å². The predicted octanol–water partition coefficient (Wildman–Crippen LogP) is 3.44. The van der Waals surface area contributed by atoms with E-state index in [-0.39, 0.29) is 42.9 Å². The minimum Gasteiger partial charge on any atom is -0.493 e. The number of amides is 3. The fourth-order valence-electron chi connectivity index (χ4n) is 4.61. The van der Waals surface area contributed by atoms with E-state index in [1.54, 1.807) is 32.6 Å². The van der Waals surface area contributed by atoms with Crippen molar-refractivity contribution in [2.24, 2.45) is 9.98 Å². The number of hydrogen-bond donors (Lipinski definition) is 2. The fourth-order valence-corrected chi connectivity index (χ4v) is 5.44. The number of amidine groups is 2. The molecule has 2 aliphatic rings. The second-order valence-corrected chi connectivity index (χ2v) is 10.5. The Labute approximate surface area is 247 Å². The lowest BCUT2D eigenvalue weighted by molar-refractivity contribution is -0.125. The summed E-state index contributed by atoms with van der Waals surface area (Å²) < 4.78 is 15.8. The van der Waals surface area contributed by atoms with Gasteiger partial charge in [0.05, 0.1) is 38.5 Å². The number of carbonyl (C=O) groups excluding carboxylic acids is 3. The number of nitrogens with one attached hydrogen (secondary N) is 2. The third-order valence-corrected chi connectivity index (χ3v) is 7.69. The normalized spacial score (nSPS) is 15.3. The standard InChI is InChI=1S/C30H31N5O6S/c1-39-24-11-9-19(16-25(24)40-2)13-14-31-27(37)18-42-30-34-22-8-4-3-7-21(22)28-33-23(29(38)35(28)30)10-12-26(36)32-17-20-6-5-15-41-20/h3-9,11,15-16,23H,10,12-14,17-18H2,1-2H3,(H,31,37)(H,32,36). The number of hydrogen-bond acceptors (Lipinski definition) is 9. The molecule has 1 aromatic heterocycles. The van der Waals surface area contributed by atoms with Crippen molar-refractivity contribution in [2.75, 3.05) is 26.5 Å². The summed E-state index contributed by atoms with van der Waals surface area (Å²) in [5.74, 6) is 1.84. The van der Waals surface area contributed by atoms with Crippen LogP contribution in [0.25, 0.3) is 0 Å². The highest BCUT2D eigenvalue weighted by Gasteiger charge is 2.41. The van der Waals surface area contributed by atoms with Crippen molar-refractivity contribution in [3.8, 4) is 11.5 Å². The van der Waals surface area contributed by atoms with Gasteiger partial charge in [0.15, 0.2) is 16.7 Å². The molecule has 0 bridgehead atoms. The van der Waals surface area contributed by atoms with E-state index in [0.29, 0.717) is 46.9 Å². The van der Waals surface area contributed by atoms with Crippen molar-refractivity contribution >= 4 is 46.2 Å². The molecule has 3 aromatic rings. The molecule has 2 aromatic carbocycles. The SMILES string of the molecule is COc1ccc(CCNC(=O)CSC2=Nc3ccccc3C3=NC(CCC(=O)NCc4ccco4)C(=O)N23)cc1OC. The zero-order valence-corrected chi connectivity index (χ0v) is 24.1. The fraction of sp³-hybridized carbons (Fsp3) is 0.300. The molecule has 218 valence electrons. The Morgan fingerprint density at radius 1 is 1.02 bits per heavy atom. The van der Waals surface area contributed by atoms with E-state index in [9.17, 15) is 14.4 Å². The first-order valence-corrected chi connectivity index (χ1v) is 14.4. The maximum Gasteiger partial charge on any atom is 0.259 e. The van der Waals surface area contributed by atoms with E-state index < -0.39 is 6.04 Å². The van der Waals surface area contributed by atoms with Gasteiger partial charge in [0.25, 0.3) is 5.91 Å². The monoisotopic (exact) mass is 589 g/mol. The molecule has 2 N–H and O–H groups in total. The van der Waals surface area contributed by atoms with E-state index in [0.717, 1.165) is 11.1 Å². The molecule has 2 aliphatic heterocycles.